The zero-order valence-electron chi connectivity index (χ0n) is 14.9. The predicted molar refractivity (Wildman–Crippen MR) is 97.6 cm³/mol. The second kappa shape index (κ2) is 6.48. The summed E-state index contributed by atoms with van der Waals surface area (Å²) in [6.45, 7) is 4.09. The van der Waals surface area contributed by atoms with E-state index in [0.29, 0.717) is 23.5 Å². The maximum Gasteiger partial charge on any atom is 0.417 e. The molecule has 0 N–H and O–H groups in total. The van der Waals surface area contributed by atoms with Crippen LogP contribution in [0.2, 0.25) is 5.02 Å². The molecule has 1 atom stereocenters. The van der Waals surface area contributed by atoms with Crippen LogP contribution in [-0.4, -0.2) is 19.5 Å². The number of alkyl halides is 3. The van der Waals surface area contributed by atoms with Gasteiger partial charge in [-0.3, -0.25) is 0 Å². The van der Waals surface area contributed by atoms with Gasteiger partial charge in [-0.2, -0.15) is 13.2 Å². The molecule has 0 spiro atoms. The van der Waals surface area contributed by atoms with Crippen molar-refractivity contribution < 1.29 is 13.2 Å². The molecule has 3 aromatic rings. The van der Waals surface area contributed by atoms with Crippen LogP contribution in [0, 0.1) is 5.92 Å². The highest BCUT2D eigenvalue weighted by Crippen LogP contribution is 2.43. The van der Waals surface area contributed by atoms with Crippen molar-refractivity contribution in [1.82, 2.24) is 19.5 Å². The van der Waals surface area contributed by atoms with E-state index in [9.17, 15) is 13.2 Å². The van der Waals surface area contributed by atoms with E-state index in [2.05, 4.69) is 26.4 Å². The normalized spacial score (nSPS) is 16.1. The minimum absolute atomic E-state index is 0.0264. The summed E-state index contributed by atoms with van der Waals surface area (Å²) >= 11 is 5.81. The van der Waals surface area contributed by atoms with Crippen molar-refractivity contribution in [3.8, 4) is 11.3 Å². The van der Waals surface area contributed by atoms with E-state index in [0.717, 1.165) is 24.7 Å². The molecule has 0 amide bonds. The van der Waals surface area contributed by atoms with Gasteiger partial charge in [0.05, 0.1) is 5.56 Å². The largest absolute Gasteiger partial charge is 0.417 e. The number of halogens is 4. The first-order valence-electron chi connectivity index (χ1n) is 8.90. The van der Waals surface area contributed by atoms with Crippen LogP contribution in [0.3, 0.4) is 0 Å². The van der Waals surface area contributed by atoms with Crippen LogP contribution in [0.5, 0.6) is 0 Å². The molecule has 8 heteroatoms. The van der Waals surface area contributed by atoms with Gasteiger partial charge in [0, 0.05) is 23.0 Å². The number of hydrogen-bond acceptors (Lipinski definition) is 3. The van der Waals surface area contributed by atoms with Crippen molar-refractivity contribution in [3.63, 3.8) is 0 Å². The lowest BCUT2D eigenvalue weighted by Crippen LogP contribution is -2.11. The van der Waals surface area contributed by atoms with Gasteiger partial charge in [-0.25, -0.2) is 15.0 Å². The van der Waals surface area contributed by atoms with E-state index in [1.165, 1.54) is 18.5 Å². The Hall–Kier alpha value is -2.15. The van der Waals surface area contributed by atoms with Crippen LogP contribution in [0.15, 0.2) is 24.5 Å². The van der Waals surface area contributed by atoms with Crippen LogP contribution in [-0.2, 0) is 12.6 Å². The first kappa shape index (κ1) is 18.2. The molecule has 142 valence electrons. The summed E-state index contributed by atoms with van der Waals surface area (Å²) in [5, 5.41) is 0.0264. The highest BCUT2D eigenvalue weighted by Gasteiger charge is 2.36. The van der Waals surface area contributed by atoms with Gasteiger partial charge < -0.3 is 4.57 Å². The molecule has 1 fully saturated rings. The molecule has 1 aromatic carbocycles. The summed E-state index contributed by atoms with van der Waals surface area (Å²) in [6.07, 6.45) is -0.271. The Kier molecular flexibility index (Phi) is 4.37. The lowest BCUT2D eigenvalue weighted by molar-refractivity contribution is -0.137. The zero-order valence-corrected chi connectivity index (χ0v) is 15.6. The first-order valence-corrected chi connectivity index (χ1v) is 9.28. The number of aromatic nitrogens is 4. The molecule has 0 saturated heterocycles. The Morgan fingerprint density at radius 1 is 1.26 bits per heavy atom. The molecule has 0 radical (unpaired) electrons. The third-order valence-electron chi connectivity index (χ3n) is 5.12. The molecular formula is C19H18ClF3N4. The Morgan fingerprint density at radius 3 is 2.63 bits per heavy atom. The molecule has 1 unspecified atom stereocenters. The summed E-state index contributed by atoms with van der Waals surface area (Å²) in [5.74, 6) is 1.38. The van der Waals surface area contributed by atoms with Gasteiger partial charge in [0.1, 0.15) is 23.4 Å². The fraction of sp³-hybridized carbons (Fsp3) is 0.421. The molecule has 1 aliphatic rings. The Labute approximate surface area is 159 Å². The smallest absolute Gasteiger partial charge is 0.309 e. The molecule has 2 heterocycles. The number of hydrogen-bond donors (Lipinski definition) is 0. The van der Waals surface area contributed by atoms with Crippen LogP contribution in [0.1, 0.15) is 44.1 Å². The van der Waals surface area contributed by atoms with Crippen LogP contribution in [0.4, 0.5) is 13.2 Å². The minimum Gasteiger partial charge on any atom is -0.309 e. The van der Waals surface area contributed by atoms with Crippen LogP contribution >= 0.6 is 11.6 Å². The van der Waals surface area contributed by atoms with Gasteiger partial charge in [0.15, 0.2) is 5.65 Å². The van der Waals surface area contributed by atoms with Gasteiger partial charge in [0.2, 0.25) is 0 Å². The third-order valence-corrected chi connectivity index (χ3v) is 5.36. The molecule has 4 rings (SSSR count). The van der Waals surface area contributed by atoms with E-state index >= 15 is 0 Å². The highest BCUT2D eigenvalue weighted by atomic mass is 35.5. The second-order valence-electron chi connectivity index (χ2n) is 6.91. The number of fused-ring (bicyclic) bond motifs is 1. The predicted octanol–water partition coefficient (Wildman–Crippen LogP) is 5.70. The summed E-state index contributed by atoms with van der Waals surface area (Å²) < 4.78 is 42.8. The molecule has 1 aliphatic carbocycles. The molecule has 2 aromatic heterocycles. The first-order chi connectivity index (χ1) is 12.8. The minimum atomic E-state index is -4.55. The summed E-state index contributed by atoms with van der Waals surface area (Å²) in [7, 11) is 0. The van der Waals surface area contributed by atoms with Crippen molar-refractivity contribution in [2.75, 3.05) is 0 Å². The molecule has 0 aliphatic heterocycles. The van der Waals surface area contributed by atoms with E-state index in [4.69, 9.17) is 11.6 Å². The van der Waals surface area contributed by atoms with Crippen molar-refractivity contribution in [2.24, 2.45) is 5.92 Å². The van der Waals surface area contributed by atoms with E-state index in [1.54, 1.807) is 0 Å². The molecule has 1 saturated carbocycles. The number of aryl methyl sites for hydroxylation is 1. The second-order valence-corrected chi connectivity index (χ2v) is 7.35. The van der Waals surface area contributed by atoms with Crippen molar-refractivity contribution >= 4 is 22.8 Å². The van der Waals surface area contributed by atoms with E-state index < -0.39 is 11.7 Å². The topological polar surface area (TPSA) is 43.6 Å². The number of nitrogens with zero attached hydrogens (tertiary/aromatic N) is 4. The van der Waals surface area contributed by atoms with Gasteiger partial charge in [-0.05, 0) is 37.8 Å². The van der Waals surface area contributed by atoms with Crippen molar-refractivity contribution in [1.29, 1.82) is 0 Å². The van der Waals surface area contributed by atoms with Crippen LogP contribution < -0.4 is 0 Å². The fourth-order valence-corrected chi connectivity index (χ4v) is 3.75. The van der Waals surface area contributed by atoms with Crippen LogP contribution in [0.25, 0.3) is 22.4 Å². The van der Waals surface area contributed by atoms with E-state index in [-0.39, 0.29) is 22.3 Å². The Morgan fingerprint density at radius 2 is 2.00 bits per heavy atom. The fourth-order valence-electron chi connectivity index (χ4n) is 3.58. The molecule has 4 nitrogen and oxygen atoms in total. The monoisotopic (exact) mass is 394 g/mol. The van der Waals surface area contributed by atoms with Crippen molar-refractivity contribution in [3.05, 3.63) is 40.9 Å². The highest BCUT2D eigenvalue weighted by molar-refractivity contribution is 6.30. The maximum absolute atomic E-state index is 13.6. The SMILES string of the molecule is CCc1nc2c(-c3ccc(Cl)cc3C(F)(F)F)ncnc2n1C(C)C1CC1. The maximum atomic E-state index is 13.6. The third kappa shape index (κ3) is 3.18. The zero-order chi connectivity index (χ0) is 19.3. The van der Waals surface area contributed by atoms with Gasteiger partial charge in [-0.1, -0.05) is 24.6 Å². The van der Waals surface area contributed by atoms with E-state index in [1.807, 2.05) is 6.92 Å². The summed E-state index contributed by atoms with van der Waals surface area (Å²) in [4.78, 5) is 13.1. The molecular weight excluding hydrogens is 377 g/mol. The number of imidazole rings is 1. The average molecular weight is 395 g/mol. The molecule has 27 heavy (non-hydrogen) atoms. The van der Waals surface area contributed by atoms with Gasteiger partial charge >= 0.3 is 6.18 Å². The van der Waals surface area contributed by atoms with Gasteiger partial charge in [0.25, 0.3) is 0 Å². The van der Waals surface area contributed by atoms with Gasteiger partial charge in [-0.15, -0.1) is 0 Å². The average Bonchev–Trinajstić information content (AvgIpc) is 3.40. The quantitative estimate of drug-likeness (QED) is 0.570. The molecule has 0 bridgehead atoms. The number of rotatable bonds is 4. The standard InChI is InChI=1S/C19H18ClF3N4/c1-3-15-26-17-16(13-7-6-12(20)8-14(13)19(21,22)23)24-9-25-18(17)27(15)10(2)11-4-5-11/h6-11H,3-5H2,1-2H3. The van der Waals surface area contributed by atoms with Crippen molar-refractivity contribution in [2.45, 2.75) is 45.3 Å². The summed E-state index contributed by atoms with van der Waals surface area (Å²) in [6, 6.07) is 3.92. The lowest BCUT2D eigenvalue weighted by atomic mass is 10.0. The Balaban J connectivity index is 1.97. The number of benzene rings is 1. The Bertz CT molecular complexity index is 1010. The summed E-state index contributed by atoms with van der Waals surface area (Å²) in [5.41, 5.74) is 0.304. The lowest BCUT2D eigenvalue weighted by Gasteiger charge is -2.16.